The Balaban J connectivity index is 2.07. The van der Waals surface area contributed by atoms with Crippen molar-refractivity contribution in [1.82, 2.24) is 0 Å². The van der Waals surface area contributed by atoms with Crippen molar-refractivity contribution in [3.8, 4) is 17.6 Å². The summed E-state index contributed by atoms with van der Waals surface area (Å²) in [6.45, 7) is 4.22. The molecule has 0 spiro atoms. The molecule has 2 rings (SSSR count). The van der Waals surface area contributed by atoms with Crippen molar-refractivity contribution < 1.29 is 23.8 Å². The summed E-state index contributed by atoms with van der Waals surface area (Å²) in [5.41, 5.74) is 1.10. The molecule has 0 aliphatic rings. The smallest absolute Gasteiger partial charge is 0.344 e. The summed E-state index contributed by atoms with van der Waals surface area (Å²) in [5, 5.41) is 12.1. The summed E-state index contributed by atoms with van der Waals surface area (Å²) in [7, 11) is 0. The van der Waals surface area contributed by atoms with Crippen LogP contribution >= 0.6 is 15.9 Å². The van der Waals surface area contributed by atoms with Crippen LogP contribution in [0.5, 0.6) is 11.5 Å². The summed E-state index contributed by atoms with van der Waals surface area (Å²) in [6, 6.07) is 13.8. The van der Waals surface area contributed by atoms with E-state index in [-0.39, 0.29) is 18.8 Å². The lowest BCUT2D eigenvalue weighted by molar-refractivity contribution is -0.145. The normalized spacial score (nSPS) is 10.7. The van der Waals surface area contributed by atoms with E-state index in [9.17, 15) is 14.9 Å². The van der Waals surface area contributed by atoms with Crippen molar-refractivity contribution in [3.05, 3.63) is 58.1 Å². The molecule has 0 aliphatic carbocycles. The van der Waals surface area contributed by atoms with Gasteiger partial charge in [0.15, 0.2) is 6.61 Å². The number of hydrogen-bond acceptors (Lipinski definition) is 6. The Bertz CT molecular complexity index is 964. The Kier molecular flexibility index (Phi) is 8.91. The number of carbonyl (C=O) groups is 2. The SMILES string of the molecule is CCOC(=O)COc1ccc(/C=C(/C#N)C(=O)Nc2ccc(OCC)cc2)cc1Br. The van der Waals surface area contributed by atoms with E-state index in [4.69, 9.17) is 14.2 Å². The van der Waals surface area contributed by atoms with E-state index < -0.39 is 11.9 Å². The van der Waals surface area contributed by atoms with Crippen LogP contribution in [0.1, 0.15) is 19.4 Å². The zero-order chi connectivity index (χ0) is 21.9. The number of anilines is 1. The highest BCUT2D eigenvalue weighted by atomic mass is 79.9. The predicted octanol–water partition coefficient (Wildman–Crippen LogP) is 4.34. The number of nitrogens with zero attached hydrogens (tertiary/aromatic N) is 1. The number of amides is 1. The van der Waals surface area contributed by atoms with Gasteiger partial charge in [-0.25, -0.2) is 4.79 Å². The topological polar surface area (TPSA) is 97.7 Å². The molecule has 0 aliphatic heterocycles. The first-order valence-electron chi connectivity index (χ1n) is 9.20. The van der Waals surface area contributed by atoms with Gasteiger partial charge in [-0.1, -0.05) is 6.07 Å². The van der Waals surface area contributed by atoms with Crippen LogP contribution < -0.4 is 14.8 Å². The van der Waals surface area contributed by atoms with Gasteiger partial charge in [0.25, 0.3) is 5.91 Å². The standard InChI is InChI=1S/C22H21BrN2O5/c1-3-28-18-8-6-17(7-9-18)25-22(27)16(13-24)11-15-5-10-20(19(23)12-15)30-14-21(26)29-4-2/h5-12H,3-4,14H2,1-2H3,(H,25,27)/b16-11-. The van der Waals surface area contributed by atoms with Gasteiger partial charge < -0.3 is 19.5 Å². The van der Waals surface area contributed by atoms with Crippen molar-refractivity contribution in [2.45, 2.75) is 13.8 Å². The molecule has 7 nitrogen and oxygen atoms in total. The molecule has 0 bridgehead atoms. The zero-order valence-electron chi connectivity index (χ0n) is 16.6. The third-order valence-electron chi connectivity index (χ3n) is 3.71. The molecule has 0 saturated heterocycles. The molecule has 1 amide bonds. The molecule has 0 aromatic heterocycles. The Morgan fingerprint density at radius 1 is 1.10 bits per heavy atom. The number of rotatable bonds is 9. The molecule has 156 valence electrons. The first kappa shape index (κ1) is 23.0. The molecule has 8 heteroatoms. The molecule has 0 unspecified atom stereocenters. The van der Waals surface area contributed by atoms with E-state index >= 15 is 0 Å². The fourth-order valence-electron chi connectivity index (χ4n) is 2.38. The molecular formula is C22H21BrN2O5. The number of halogens is 1. The van der Waals surface area contributed by atoms with Gasteiger partial charge in [-0.05, 0) is 77.8 Å². The predicted molar refractivity (Wildman–Crippen MR) is 116 cm³/mol. The highest BCUT2D eigenvalue weighted by molar-refractivity contribution is 9.10. The lowest BCUT2D eigenvalue weighted by Gasteiger charge is -2.09. The van der Waals surface area contributed by atoms with Crippen LogP contribution in [0.2, 0.25) is 0 Å². The maximum Gasteiger partial charge on any atom is 0.344 e. The molecular weight excluding hydrogens is 452 g/mol. The van der Waals surface area contributed by atoms with E-state index in [0.717, 1.165) is 0 Å². The van der Waals surface area contributed by atoms with Crippen molar-refractivity contribution in [1.29, 1.82) is 5.26 Å². The monoisotopic (exact) mass is 472 g/mol. The number of nitrogens with one attached hydrogen (secondary N) is 1. The van der Waals surface area contributed by atoms with Crippen molar-refractivity contribution in [3.63, 3.8) is 0 Å². The minimum atomic E-state index is -0.527. The van der Waals surface area contributed by atoms with Crippen LogP contribution in [-0.2, 0) is 14.3 Å². The minimum absolute atomic E-state index is 0.0593. The van der Waals surface area contributed by atoms with Crippen molar-refractivity contribution in [2.24, 2.45) is 0 Å². The minimum Gasteiger partial charge on any atom is -0.494 e. The fraction of sp³-hybridized carbons (Fsp3) is 0.227. The largest absolute Gasteiger partial charge is 0.494 e. The maximum atomic E-state index is 12.4. The summed E-state index contributed by atoms with van der Waals surface area (Å²) in [4.78, 5) is 23.8. The second kappa shape index (κ2) is 11.6. The van der Waals surface area contributed by atoms with Crippen LogP contribution in [0.25, 0.3) is 6.08 Å². The average Bonchev–Trinajstić information content (AvgIpc) is 2.73. The zero-order valence-corrected chi connectivity index (χ0v) is 18.2. The van der Waals surface area contributed by atoms with Crippen molar-refractivity contribution >= 4 is 39.6 Å². The van der Waals surface area contributed by atoms with Crippen LogP contribution in [0.4, 0.5) is 5.69 Å². The van der Waals surface area contributed by atoms with Crippen LogP contribution in [0.15, 0.2) is 52.5 Å². The number of nitriles is 1. The van der Waals surface area contributed by atoms with Gasteiger partial charge in [0.1, 0.15) is 23.1 Å². The number of benzene rings is 2. The lowest BCUT2D eigenvalue weighted by atomic mass is 10.1. The van der Waals surface area contributed by atoms with Gasteiger partial charge in [0, 0.05) is 5.69 Å². The number of carbonyl (C=O) groups excluding carboxylic acids is 2. The highest BCUT2D eigenvalue weighted by Gasteiger charge is 2.11. The Labute approximate surface area is 183 Å². The first-order valence-corrected chi connectivity index (χ1v) is 10.00. The summed E-state index contributed by atoms with van der Waals surface area (Å²) < 4.78 is 16.1. The van der Waals surface area contributed by atoms with Gasteiger partial charge in [-0.2, -0.15) is 5.26 Å². The second-order valence-corrected chi connectivity index (χ2v) is 6.72. The van der Waals surface area contributed by atoms with E-state index in [1.165, 1.54) is 6.08 Å². The van der Waals surface area contributed by atoms with Gasteiger partial charge in [-0.15, -0.1) is 0 Å². The van der Waals surface area contributed by atoms with E-state index in [1.807, 2.05) is 13.0 Å². The maximum absolute atomic E-state index is 12.4. The molecule has 1 N–H and O–H groups in total. The average molecular weight is 473 g/mol. The number of esters is 1. The van der Waals surface area contributed by atoms with Gasteiger partial charge in [-0.3, -0.25) is 4.79 Å². The molecule has 2 aromatic rings. The Morgan fingerprint density at radius 2 is 1.83 bits per heavy atom. The van der Waals surface area contributed by atoms with E-state index in [2.05, 4.69) is 21.2 Å². The lowest BCUT2D eigenvalue weighted by Crippen LogP contribution is -2.14. The van der Waals surface area contributed by atoms with Crippen LogP contribution in [0.3, 0.4) is 0 Å². The summed E-state index contributed by atoms with van der Waals surface area (Å²) in [5.74, 6) is 0.144. The molecule has 0 atom stereocenters. The molecule has 2 aromatic carbocycles. The summed E-state index contributed by atoms with van der Waals surface area (Å²) >= 11 is 3.36. The Hall–Kier alpha value is -3.31. The van der Waals surface area contributed by atoms with Crippen LogP contribution in [-0.4, -0.2) is 31.7 Å². The fourth-order valence-corrected chi connectivity index (χ4v) is 2.89. The number of hydrogen-bond donors (Lipinski definition) is 1. The first-order chi connectivity index (χ1) is 14.5. The third kappa shape index (κ3) is 6.94. The van der Waals surface area contributed by atoms with Gasteiger partial charge in [0.05, 0.1) is 17.7 Å². The quantitative estimate of drug-likeness (QED) is 0.331. The van der Waals surface area contributed by atoms with Crippen molar-refractivity contribution in [2.75, 3.05) is 25.1 Å². The molecule has 30 heavy (non-hydrogen) atoms. The third-order valence-corrected chi connectivity index (χ3v) is 4.33. The van der Waals surface area contributed by atoms with Crippen LogP contribution in [0, 0.1) is 11.3 Å². The molecule has 0 saturated carbocycles. The van der Waals surface area contributed by atoms with E-state index in [1.54, 1.807) is 49.4 Å². The Morgan fingerprint density at radius 3 is 2.43 bits per heavy atom. The molecule has 0 heterocycles. The van der Waals surface area contributed by atoms with E-state index in [0.29, 0.717) is 33.8 Å². The van der Waals surface area contributed by atoms with Gasteiger partial charge >= 0.3 is 5.97 Å². The second-order valence-electron chi connectivity index (χ2n) is 5.86. The highest BCUT2D eigenvalue weighted by Crippen LogP contribution is 2.27. The molecule has 0 fully saturated rings. The van der Waals surface area contributed by atoms with Gasteiger partial charge in [0.2, 0.25) is 0 Å². The summed E-state index contributed by atoms with van der Waals surface area (Å²) in [6.07, 6.45) is 1.46. The molecule has 0 radical (unpaired) electrons. The number of ether oxygens (including phenoxy) is 3.